The Kier molecular flexibility index (Phi) is 5.21. The van der Waals surface area contributed by atoms with E-state index in [4.69, 9.17) is 4.74 Å². The van der Waals surface area contributed by atoms with E-state index in [-0.39, 0.29) is 18.1 Å². The summed E-state index contributed by atoms with van der Waals surface area (Å²) >= 11 is 5.10. The Bertz CT molecular complexity index is 401. The van der Waals surface area contributed by atoms with Crippen molar-refractivity contribution in [3.63, 3.8) is 0 Å². The Morgan fingerprint density at radius 2 is 2.56 bits per heavy atom. The quantitative estimate of drug-likeness (QED) is 0.900. The van der Waals surface area contributed by atoms with E-state index in [1.807, 2.05) is 12.3 Å². The van der Waals surface area contributed by atoms with Gasteiger partial charge in [0.2, 0.25) is 5.91 Å². The minimum Gasteiger partial charge on any atom is -0.376 e. The molecule has 0 saturated carbocycles. The third-order valence-electron chi connectivity index (χ3n) is 3.13. The first-order chi connectivity index (χ1) is 8.65. The van der Waals surface area contributed by atoms with Crippen LogP contribution in [-0.4, -0.2) is 24.7 Å². The van der Waals surface area contributed by atoms with Gasteiger partial charge in [-0.15, -0.1) is 11.3 Å². The maximum atomic E-state index is 11.8. The van der Waals surface area contributed by atoms with Crippen LogP contribution < -0.4 is 5.32 Å². The van der Waals surface area contributed by atoms with E-state index >= 15 is 0 Å². The fourth-order valence-corrected chi connectivity index (χ4v) is 3.59. The lowest BCUT2D eigenvalue weighted by Gasteiger charge is -2.19. The zero-order chi connectivity index (χ0) is 13.0. The number of hydrogen-bond donors (Lipinski definition) is 1. The SMILES string of the molecule is C[C@H](NC(=O)CCc1cc(Br)cs1)[C@@H]1CCCO1. The van der Waals surface area contributed by atoms with Crippen molar-refractivity contribution in [3.8, 4) is 0 Å². The zero-order valence-corrected chi connectivity index (χ0v) is 12.9. The Labute approximate surface area is 120 Å². The highest BCUT2D eigenvalue weighted by atomic mass is 79.9. The summed E-state index contributed by atoms with van der Waals surface area (Å²) in [6.07, 6.45) is 3.71. The molecule has 1 aromatic heterocycles. The molecule has 1 amide bonds. The van der Waals surface area contributed by atoms with Crippen molar-refractivity contribution in [3.05, 3.63) is 20.8 Å². The van der Waals surface area contributed by atoms with Crippen molar-refractivity contribution in [1.29, 1.82) is 0 Å². The molecule has 1 aliphatic heterocycles. The van der Waals surface area contributed by atoms with Crippen LogP contribution in [0.4, 0.5) is 0 Å². The molecule has 1 fully saturated rings. The minimum absolute atomic E-state index is 0.113. The van der Waals surface area contributed by atoms with Gasteiger partial charge in [0.15, 0.2) is 0 Å². The second-order valence-corrected chi connectivity index (χ2v) is 6.55. The number of amides is 1. The minimum atomic E-state index is 0.113. The molecule has 0 aliphatic carbocycles. The van der Waals surface area contributed by atoms with E-state index in [1.165, 1.54) is 4.88 Å². The lowest BCUT2D eigenvalue weighted by Crippen LogP contribution is -2.40. The summed E-state index contributed by atoms with van der Waals surface area (Å²) < 4.78 is 6.66. The van der Waals surface area contributed by atoms with Gasteiger partial charge >= 0.3 is 0 Å². The monoisotopic (exact) mass is 331 g/mol. The van der Waals surface area contributed by atoms with Crippen LogP contribution in [0, 0.1) is 0 Å². The Balaban J connectivity index is 1.71. The average molecular weight is 332 g/mol. The first kappa shape index (κ1) is 14.0. The lowest BCUT2D eigenvalue weighted by atomic mass is 10.1. The van der Waals surface area contributed by atoms with Crippen LogP contribution >= 0.6 is 27.3 Å². The van der Waals surface area contributed by atoms with Crippen LogP contribution in [0.2, 0.25) is 0 Å². The highest BCUT2D eigenvalue weighted by Crippen LogP contribution is 2.21. The Morgan fingerprint density at radius 3 is 3.17 bits per heavy atom. The van der Waals surface area contributed by atoms with Crippen LogP contribution in [-0.2, 0) is 16.0 Å². The summed E-state index contributed by atoms with van der Waals surface area (Å²) in [6.45, 7) is 2.85. The smallest absolute Gasteiger partial charge is 0.220 e. The number of rotatable bonds is 5. The summed E-state index contributed by atoms with van der Waals surface area (Å²) in [5, 5.41) is 5.07. The van der Waals surface area contributed by atoms with Gasteiger partial charge in [-0.1, -0.05) is 0 Å². The molecule has 18 heavy (non-hydrogen) atoms. The fourth-order valence-electron chi connectivity index (χ4n) is 2.14. The Morgan fingerprint density at radius 1 is 1.72 bits per heavy atom. The van der Waals surface area contributed by atoms with E-state index < -0.39 is 0 Å². The number of carbonyl (C=O) groups excluding carboxylic acids is 1. The molecule has 2 heterocycles. The maximum absolute atomic E-state index is 11.8. The number of hydrogen-bond acceptors (Lipinski definition) is 3. The molecular weight excluding hydrogens is 314 g/mol. The van der Waals surface area contributed by atoms with Gasteiger partial charge < -0.3 is 10.1 Å². The van der Waals surface area contributed by atoms with Crippen molar-refractivity contribution in [2.75, 3.05) is 6.61 Å². The third kappa shape index (κ3) is 4.07. The summed E-state index contributed by atoms with van der Waals surface area (Å²) in [6, 6.07) is 2.19. The largest absolute Gasteiger partial charge is 0.376 e. The van der Waals surface area contributed by atoms with Crippen molar-refractivity contribution in [1.82, 2.24) is 5.32 Å². The molecule has 2 rings (SSSR count). The molecule has 3 nitrogen and oxygen atoms in total. The van der Waals surface area contributed by atoms with E-state index in [9.17, 15) is 4.79 Å². The van der Waals surface area contributed by atoms with Gasteiger partial charge in [-0.2, -0.15) is 0 Å². The molecule has 1 N–H and O–H groups in total. The first-order valence-electron chi connectivity index (χ1n) is 6.29. The van der Waals surface area contributed by atoms with E-state index in [0.29, 0.717) is 6.42 Å². The highest BCUT2D eigenvalue weighted by Gasteiger charge is 2.23. The van der Waals surface area contributed by atoms with Crippen LogP contribution in [0.25, 0.3) is 0 Å². The number of nitrogens with one attached hydrogen (secondary N) is 1. The first-order valence-corrected chi connectivity index (χ1v) is 7.96. The van der Waals surface area contributed by atoms with Crippen molar-refractivity contribution in [2.45, 2.75) is 44.8 Å². The van der Waals surface area contributed by atoms with Crippen LogP contribution in [0.15, 0.2) is 15.9 Å². The number of carbonyl (C=O) groups is 1. The van der Waals surface area contributed by atoms with Gasteiger partial charge in [0.1, 0.15) is 0 Å². The van der Waals surface area contributed by atoms with Gasteiger partial charge in [-0.25, -0.2) is 0 Å². The number of ether oxygens (including phenoxy) is 1. The molecule has 2 atom stereocenters. The molecule has 0 spiro atoms. The summed E-state index contributed by atoms with van der Waals surface area (Å²) in [5.74, 6) is 0.113. The molecule has 5 heteroatoms. The number of halogens is 1. The lowest BCUT2D eigenvalue weighted by molar-refractivity contribution is -0.122. The van der Waals surface area contributed by atoms with Gasteiger partial charge in [0, 0.05) is 27.8 Å². The maximum Gasteiger partial charge on any atom is 0.220 e. The summed E-state index contributed by atoms with van der Waals surface area (Å²) in [4.78, 5) is 13.1. The number of aryl methyl sites for hydroxylation is 1. The molecule has 0 unspecified atom stereocenters. The molecule has 1 aromatic rings. The van der Waals surface area contributed by atoms with Crippen molar-refractivity contribution < 1.29 is 9.53 Å². The van der Waals surface area contributed by atoms with Crippen LogP contribution in [0.5, 0.6) is 0 Å². The molecule has 0 aromatic carbocycles. The molecule has 1 saturated heterocycles. The second kappa shape index (κ2) is 6.68. The average Bonchev–Trinajstić information content (AvgIpc) is 2.97. The van der Waals surface area contributed by atoms with Gasteiger partial charge in [-0.3, -0.25) is 4.79 Å². The summed E-state index contributed by atoms with van der Waals surface area (Å²) in [5.41, 5.74) is 0. The number of thiophene rings is 1. The second-order valence-electron chi connectivity index (χ2n) is 4.64. The molecule has 0 bridgehead atoms. The van der Waals surface area contributed by atoms with Crippen LogP contribution in [0.3, 0.4) is 0 Å². The fraction of sp³-hybridized carbons (Fsp3) is 0.615. The van der Waals surface area contributed by atoms with E-state index in [2.05, 4.69) is 27.3 Å². The molecular formula is C13H18BrNO2S. The molecule has 1 aliphatic rings. The van der Waals surface area contributed by atoms with Gasteiger partial charge in [0.25, 0.3) is 0 Å². The third-order valence-corrected chi connectivity index (χ3v) is 4.89. The Hall–Kier alpha value is -0.390. The van der Waals surface area contributed by atoms with Gasteiger partial charge in [0.05, 0.1) is 12.1 Å². The topological polar surface area (TPSA) is 38.3 Å². The molecule has 0 radical (unpaired) electrons. The van der Waals surface area contributed by atoms with E-state index in [0.717, 1.165) is 30.3 Å². The van der Waals surface area contributed by atoms with E-state index in [1.54, 1.807) is 11.3 Å². The normalized spacial score (nSPS) is 20.9. The predicted molar refractivity (Wildman–Crippen MR) is 76.9 cm³/mol. The zero-order valence-electron chi connectivity index (χ0n) is 10.4. The predicted octanol–water partition coefficient (Wildman–Crippen LogP) is 3.13. The van der Waals surface area contributed by atoms with Crippen molar-refractivity contribution in [2.24, 2.45) is 0 Å². The molecule has 100 valence electrons. The standard InChI is InChI=1S/C13H18BrNO2S/c1-9(12-3-2-6-17-12)15-13(16)5-4-11-7-10(14)8-18-11/h7-9,12H,2-6H2,1H3,(H,15,16)/t9-,12-/m0/s1. The highest BCUT2D eigenvalue weighted by molar-refractivity contribution is 9.10. The van der Waals surface area contributed by atoms with Crippen LogP contribution in [0.1, 0.15) is 31.1 Å². The van der Waals surface area contributed by atoms with Gasteiger partial charge in [-0.05, 0) is 48.2 Å². The van der Waals surface area contributed by atoms with Crippen molar-refractivity contribution >= 4 is 33.2 Å². The summed E-state index contributed by atoms with van der Waals surface area (Å²) in [7, 11) is 0.